The van der Waals surface area contributed by atoms with Gasteiger partial charge in [-0.2, -0.15) is 5.26 Å². The van der Waals surface area contributed by atoms with E-state index >= 15 is 0 Å². The Morgan fingerprint density at radius 3 is 2.54 bits per heavy atom. The van der Waals surface area contributed by atoms with E-state index < -0.39 is 6.43 Å². The van der Waals surface area contributed by atoms with Gasteiger partial charge in [-0.25, -0.2) is 8.78 Å². The van der Waals surface area contributed by atoms with Crippen LogP contribution in [0.1, 0.15) is 23.1 Å². The van der Waals surface area contributed by atoms with Crippen LogP contribution in [0.5, 0.6) is 0 Å². The van der Waals surface area contributed by atoms with Gasteiger partial charge in [-0.1, -0.05) is 15.9 Å². The molecule has 1 nitrogen and oxygen atoms in total. The Labute approximate surface area is 83.1 Å². The minimum Gasteiger partial charge on any atom is -0.205 e. The Morgan fingerprint density at radius 2 is 2.08 bits per heavy atom. The third-order valence-electron chi connectivity index (χ3n) is 1.74. The molecule has 13 heavy (non-hydrogen) atoms. The van der Waals surface area contributed by atoms with E-state index in [4.69, 9.17) is 5.26 Å². The van der Waals surface area contributed by atoms with Crippen LogP contribution in [0.25, 0.3) is 0 Å². The zero-order chi connectivity index (χ0) is 10.0. The number of nitriles is 1. The molecule has 0 amide bonds. The largest absolute Gasteiger partial charge is 0.263 e. The van der Waals surface area contributed by atoms with Crippen molar-refractivity contribution in [3.8, 4) is 6.07 Å². The number of nitrogens with zero attached hydrogens (tertiary/aromatic N) is 1. The summed E-state index contributed by atoms with van der Waals surface area (Å²) < 4.78 is 25.1. The molecule has 0 saturated carbocycles. The van der Waals surface area contributed by atoms with Crippen LogP contribution in [0, 0.1) is 18.3 Å². The van der Waals surface area contributed by atoms with Crippen molar-refractivity contribution < 1.29 is 8.78 Å². The van der Waals surface area contributed by atoms with E-state index in [9.17, 15) is 8.78 Å². The topological polar surface area (TPSA) is 23.8 Å². The maximum absolute atomic E-state index is 12.3. The van der Waals surface area contributed by atoms with Gasteiger partial charge in [0.1, 0.15) is 0 Å². The van der Waals surface area contributed by atoms with Crippen LogP contribution in [0.3, 0.4) is 0 Å². The highest BCUT2D eigenvalue weighted by molar-refractivity contribution is 9.10. The highest BCUT2D eigenvalue weighted by Gasteiger charge is 2.11. The normalized spacial score (nSPS) is 10.2. The molecule has 1 rings (SSSR count). The number of hydrogen-bond donors (Lipinski definition) is 0. The molecule has 0 unspecified atom stereocenters. The Kier molecular flexibility index (Phi) is 2.99. The van der Waals surface area contributed by atoms with Crippen molar-refractivity contribution in [2.24, 2.45) is 0 Å². The minimum atomic E-state index is -2.54. The predicted molar refractivity (Wildman–Crippen MR) is 48.6 cm³/mol. The van der Waals surface area contributed by atoms with Gasteiger partial charge < -0.3 is 0 Å². The molecule has 1 aromatic carbocycles. The molecular weight excluding hydrogens is 240 g/mol. The molecule has 68 valence electrons. The van der Waals surface area contributed by atoms with Crippen LogP contribution < -0.4 is 0 Å². The summed E-state index contributed by atoms with van der Waals surface area (Å²) in [7, 11) is 0. The molecule has 0 bridgehead atoms. The van der Waals surface area contributed by atoms with E-state index in [0.717, 1.165) is 0 Å². The third-order valence-corrected chi connectivity index (χ3v) is 2.56. The number of hydrogen-bond acceptors (Lipinski definition) is 1. The van der Waals surface area contributed by atoms with Crippen LogP contribution in [0.2, 0.25) is 0 Å². The van der Waals surface area contributed by atoms with Crippen molar-refractivity contribution in [3.63, 3.8) is 0 Å². The molecule has 0 spiro atoms. The lowest BCUT2D eigenvalue weighted by atomic mass is 10.1. The lowest BCUT2D eigenvalue weighted by molar-refractivity contribution is 0.151. The molecule has 0 atom stereocenters. The third kappa shape index (κ3) is 2.04. The number of rotatable bonds is 1. The fraction of sp³-hybridized carbons (Fsp3) is 0.222. The molecule has 0 aromatic heterocycles. The summed E-state index contributed by atoms with van der Waals surface area (Å²) in [6.07, 6.45) is -2.54. The highest BCUT2D eigenvalue weighted by atomic mass is 79.9. The summed E-state index contributed by atoms with van der Waals surface area (Å²) >= 11 is 3.12. The predicted octanol–water partition coefficient (Wildman–Crippen LogP) is 3.57. The average molecular weight is 246 g/mol. The maximum Gasteiger partial charge on any atom is 0.263 e. The van der Waals surface area contributed by atoms with Gasteiger partial charge in [-0.05, 0) is 24.6 Å². The van der Waals surface area contributed by atoms with Crippen LogP contribution in [0.4, 0.5) is 8.78 Å². The number of alkyl halides is 2. The quantitative estimate of drug-likeness (QED) is 0.743. The zero-order valence-corrected chi connectivity index (χ0v) is 8.40. The van der Waals surface area contributed by atoms with Gasteiger partial charge >= 0.3 is 0 Å². The fourth-order valence-electron chi connectivity index (χ4n) is 0.942. The van der Waals surface area contributed by atoms with Crippen molar-refractivity contribution >= 4 is 15.9 Å². The fourth-order valence-corrected chi connectivity index (χ4v) is 1.42. The van der Waals surface area contributed by atoms with Crippen molar-refractivity contribution in [2.45, 2.75) is 13.3 Å². The molecule has 4 heteroatoms. The van der Waals surface area contributed by atoms with Crippen molar-refractivity contribution in [1.29, 1.82) is 5.26 Å². The van der Waals surface area contributed by atoms with E-state index in [1.165, 1.54) is 12.1 Å². The summed E-state index contributed by atoms with van der Waals surface area (Å²) in [4.78, 5) is 0. The van der Waals surface area contributed by atoms with Crippen molar-refractivity contribution in [2.75, 3.05) is 0 Å². The van der Waals surface area contributed by atoms with E-state index in [2.05, 4.69) is 15.9 Å². The Hall–Kier alpha value is -0.950. The van der Waals surface area contributed by atoms with E-state index in [1.54, 1.807) is 6.92 Å². The van der Waals surface area contributed by atoms with Crippen LogP contribution >= 0.6 is 15.9 Å². The highest BCUT2D eigenvalue weighted by Crippen LogP contribution is 2.27. The summed E-state index contributed by atoms with van der Waals surface area (Å²) in [5.74, 6) is 0. The molecule has 0 aliphatic heterocycles. The second-order valence-electron chi connectivity index (χ2n) is 2.59. The van der Waals surface area contributed by atoms with E-state index in [0.29, 0.717) is 10.0 Å². The van der Waals surface area contributed by atoms with Crippen LogP contribution in [-0.4, -0.2) is 0 Å². The molecule has 0 N–H and O–H groups in total. The molecule has 1 aromatic rings. The Balaban J connectivity index is 3.32. The standard InChI is InChI=1S/C9H6BrF2N/c1-5-7(4-13)2-6(9(11)12)3-8(5)10/h2-3,9H,1H3. The molecule has 0 radical (unpaired) electrons. The first-order chi connectivity index (χ1) is 6.06. The van der Waals surface area contributed by atoms with Crippen molar-refractivity contribution in [3.05, 3.63) is 33.3 Å². The Bertz CT molecular complexity index is 369. The molecular formula is C9H6BrF2N. The molecule has 0 heterocycles. The summed E-state index contributed by atoms with van der Waals surface area (Å²) in [5, 5.41) is 8.63. The molecule has 0 aliphatic carbocycles. The van der Waals surface area contributed by atoms with E-state index in [-0.39, 0.29) is 11.1 Å². The number of benzene rings is 1. The smallest absolute Gasteiger partial charge is 0.205 e. The molecule has 0 aliphatic rings. The second kappa shape index (κ2) is 3.84. The number of halogens is 3. The first kappa shape index (κ1) is 10.1. The molecule has 0 saturated heterocycles. The van der Waals surface area contributed by atoms with Gasteiger partial charge in [0.15, 0.2) is 0 Å². The van der Waals surface area contributed by atoms with Crippen molar-refractivity contribution in [1.82, 2.24) is 0 Å². The van der Waals surface area contributed by atoms with Crippen LogP contribution in [-0.2, 0) is 0 Å². The second-order valence-corrected chi connectivity index (χ2v) is 3.44. The van der Waals surface area contributed by atoms with Gasteiger partial charge in [0.2, 0.25) is 0 Å². The molecule has 0 fully saturated rings. The maximum atomic E-state index is 12.3. The summed E-state index contributed by atoms with van der Waals surface area (Å²) in [6.45, 7) is 1.71. The Morgan fingerprint density at radius 1 is 1.46 bits per heavy atom. The van der Waals surface area contributed by atoms with Gasteiger partial charge in [0, 0.05) is 10.0 Å². The van der Waals surface area contributed by atoms with Gasteiger partial charge in [0.05, 0.1) is 11.6 Å². The first-order valence-electron chi connectivity index (χ1n) is 3.54. The van der Waals surface area contributed by atoms with Gasteiger partial charge in [-0.15, -0.1) is 0 Å². The summed E-state index contributed by atoms with van der Waals surface area (Å²) in [6, 6.07) is 4.42. The minimum absolute atomic E-state index is 0.131. The first-order valence-corrected chi connectivity index (χ1v) is 4.34. The monoisotopic (exact) mass is 245 g/mol. The zero-order valence-electron chi connectivity index (χ0n) is 6.81. The van der Waals surface area contributed by atoms with E-state index in [1.807, 2.05) is 6.07 Å². The lowest BCUT2D eigenvalue weighted by Crippen LogP contribution is -1.90. The van der Waals surface area contributed by atoms with Crippen LogP contribution in [0.15, 0.2) is 16.6 Å². The lowest BCUT2D eigenvalue weighted by Gasteiger charge is -2.04. The summed E-state index contributed by atoms with van der Waals surface area (Å²) in [5.41, 5.74) is 0.839. The van der Waals surface area contributed by atoms with Gasteiger partial charge in [-0.3, -0.25) is 0 Å². The van der Waals surface area contributed by atoms with Gasteiger partial charge in [0.25, 0.3) is 6.43 Å². The average Bonchev–Trinajstić information content (AvgIpc) is 2.09. The SMILES string of the molecule is Cc1c(Br)cc(C(F)F)cc1C#N.